The molecule has 0 saturated carbocycles. The van der Waals surface area contributed by atoms with Crippen molar-refractivity contribution < 1.29 is 9.59 Å². The van der Waals surface area contributed by atoms with Crippen LogP contribution in [0.15, 0.2) is 15.9 Å². The fraction of sp³-hybridized carbons (Fsp3) is 0.455. The van der Waals surface area contributed by atoms with Gasteiger partial charge in [0.05, 0.1) is 8.66 Å². The first-order chi connectivity index (χ1) is 8.61. The third-order valence-corrected chi connectivity index (χ3v) is 4.66. The number of thiophene rings is 1. The van der Waals surface area contributed by atoms with E-state index in [-0.39, 0.29) is 17.7 Å². The van der Waals surface area contributed by atoms with Crippen LogP contribution in [0.1, 0.15) is 9.67 Å². The monoisotopic (exact) mass is 350 g/mol. The Morgan fingerprint density at radius 3 is 2.33 bits per heavy atom. The van der Waals surface area contributed by atoms with Gasteiger partial charge in [0.2, 0.25) is 5.91 Å². The van der Waals surface area contributed by atoms with Gasteiger partial charge in [-0.2, -0.15) is 0 Å². The maximum absolute atomic E-state index is 12.1. The lowest BCUT2D eigenvalue weighted by Crippen LogP contribution is -2.50. The Kier molecular flexibility index (Phi) is 4.64. The third-order valence-electron chi connectivity index (χ3n) is 2.82. The number of rotatable bonds is 2. The minimum absolute atomic E-state index is 0.00577. The highest BCUT2D eigenvalue weighted by Crippen LogP contribution is 2.23. The van der Waals surface area contributed by atoms with Gasteiger partial charge in [-0.1, -0.05) is 0 Å². The van der Waals surface area contributed by atoms with Gasteiger partial charge in [-0.05, 0) is 28.1 Å². The molecule has 4 nitrogen and oxygen atoms in total. The Hall–Kier alpha value is -0.590. The van der Waals surface area contributed by atoms with Gasteiger partial charge in [-0.25, -0.2) is 0 Å². The van der Waals surface area contributed by atoms with Crippen molar-refractivity contribution in [1.82, 2.24) is 9.80 Å². The molecule has 0 bridgehead atoms. The molecule has 1 aliphatic heterocycles. The minimum atomic E-state index is -0.0670. The van der Waals surface area contributed by atoms with Crippen molar-refractivity contribution in [2.45, 2.75) is 0 Å². The lowest BCUT2D eigenvalue weighted by atomic mass is 10.3. The first kappa shape index (κ1) is 13.8. The Morgan fingerprint density at radius 2 is 1.83 bits per heavy atom. The molecule has 0 N–H and O–H groups in total. The van der Waals surface area contributed by atoms with Crippen LogP contribution in [-0.4, -0.2) is 53.7 Å². The van der Waals surface area contributed by atoms with Gasteiger partial charge in [0.1, 0.15) is 5.88 Å². The predicted octanol–water partition coefficient (Wildman–Crippen LogP) is 2.03. The summed E-state index contributed by atoms with van der Waals surface area (Å²) in [5.74, 6) is -0.0301. The molecule has 2 rings (SSSR count). The maximum atomic E-state index is 12.1. The lowest BCUT2D eigenvalue weighted by molar-refractivity contribution is -0.129. The van der Waals surface area contributed by atoms with Gasteiger partial charge in [0, 0.05) is 26.2 Å². The second-order valence-corrected chi connectivity index (χ2v) is 6.64. The zero-order chi connectivity index (χ0) is 13.1. The topological polar surface area (TPSA) is 40.6 Å². The van der Waals surface area contributed by atoms with E-state index in [1.165, 1.54) is 11.3 Å². The molecule has 1 saturated heterocycles. The molecular formula is C11H12BrClN2O2S. The number of alkyl halides is 1. The second-order valence-electron chi connectivity index (χ2n) is 3.91. The van der Waals surface area contributed by atoms with Crippen molar-refractivity contribution in [3.63, 3.8) is 0 Å². The molecular weight excluding hydrogens is 340 g/mol. The summed E-state index contributed by atoms with van der Waals surface area (Å²) in [6.45, 7) is 2.25. The molecule has 0 atom stereocenters. The SMILES string of the molecule is O=C(CCl)N1CCN(C(=O)c2ccc(Br)s2)CC1. The van der Waals surface area contributed by atoms with Crippen LogP contribution in [0.3, 0.4) is 0 Å². The third kappa shape index (κ3) is 3.05. The molecule has 0 aromatic carbocycles. The Balaban J connectivity index is 1.94. The largest absolute Gasteiger partial charge is 0.338 e. The first-order valence-electron chi connectivity index (χ1n) is 5.50. The summed E-state index contributed by atoms with van der Waals surface area (Å²) in [6.07, 6.45) is 0. The fourth-order valence-corrected chi connectivity index (χ4v) is 3.35. The number of amides is 2. The number of halogens is 2. The van der Waals surface area contributed by atoms with Gasteiger partial charge in [0.15, 0.2) is 0 Å². The second kappa shape index (κ2) is 6.04. The number of nitrogens with zero attached hydrogens (tertiary/aromatic N) is 2. The van der Waals surface area contributed by atoms with E-state index >= 15 is 0 Å². The predicted molar refractivity (Wildman–Crippen MR) is 75.2 cm³/mol. The van der Waals surface area contributed by atoms with Gasteiger partial charge in [0.25, 0.3) is 5.91 Å². The molecule has 1 aliphatic rings. The standard InChI is InChI=1S/C11H12BrClN2O2S/c12-9-2-1-8(18-9)11(17)15-5-3-14(4-6-15)10(16)7-13/h1-2H,3-7H2. The van der Waals surface area contributed by atoms with E-state index in [0.29, 0.717) is 26.2 Å². The molecule has 7 heteroatoms. The average Bonchev–Trinajstić information content (AvgIpc) is 2.84. The highest BCUT2D eigenvalue weighted by Gasteiger charge is 2.24. The van der Waals surface area contributed by atoms with Crippen LogP contribution < -0.4 is 0 Å². The van der Waals surface area contributed by atoms with Crippen LogP contribution in [0.4, 0.5) is 0 Å². The van der Waals surface area contributed by atoms with Gasteiger partial charge in [-0.3, -0.25) is 9.59 Å². The first-order valence-corrected chi connectivity index (χ1v) is 7.64. The minimum Gasteiger partial charge on any atom is -0.338 e. The zero-order valence-corrected chi connectivity index (χ0v) is 12.7. The van der Waals surface area contributed by atoms with E-state index in [1.54, 1.807) is 9.80 Å². The summed E-state index contributed by atoms with van der Waals surface area (Å²) in [7, 11) is 0. The smallest absolute Gasteiger partial charge is 0.264 e. The van der Waals surface area contributed by atoms with Crippen molar-refractivity contribution in [2.75, 3.05) is 32.1 Å². The van der Waals surface area contributed by atoms with Crippen LogP contribution in [0, 0.1) is 0 Å². The van der Waals surface area contributed by atoms with Crippen molar-refractivity contribution in [3.05, 3.63) is 20.8 Å². The van der Waals surface area contributed by atoms with Gasteiger partial charge in [-0.15, -0.1) is 22.9 Å². The molecule has 2 heterocycles. The quantitative estimate of drug-likeness (QED) is 0.765. The van der Waals surface area contributed by atoms with E-state index in [2.05, 4.69) is 15.9 Å². The zero-order valence-electron chi connectivity index (χ0n) is 9.57. The molecule has 2 amide bonds. The normalized spacial score (nSPS) is 15.9. The number of carbonyl (C=O) groups excluding carboxylic acids is 2. The molecule has 0 radical (unpaired) electrons. The Morgan fingerprint density at radius 1 is 1.22 bits per heavy atom. The van der Waals surface area contributed by atoms with E-state index in [9.17, 15) is 9.59 Å². The molecule has 0 unspecified atom stereocenters. The molecule has 0 aliphatic carbocycles. The van der Waals surface area contributed by atoms with E-state index in [0.717, 1.165) is 8.66 Å². The summed E-state index contributed by atoms with van der Waals surface area (Å²) < 4.78 is 0.946. The number of hydrogen-bond acceptors (Lipinski definition) is 3. The highest BCUT2D eigenvalue weighted by atomic mass is 79.9. The van der Waals surface area contributed by atoms with E-state index in [4.69, 9.17) is 11.6 Å². The van der Waals surface area contributed by atoms with Crippen molar-refractivity contribution in [2.24, 2.45) is 0 Å². The van der Waals surface area contributed by atoms with E-state index in [1.807, 2.05) is 12.1 Å². The van der Waals surface area contributed by atoms with Gasteiger partial charge < -0.3 is 9.80 Å². The van der Waals surface area contributed by atoms with Crippen LogP contribution in [-0.2, 0) is 4.79 Å². The highest BCUT2D eigenvalue weighted by molar-refractivity contribution is 9.11. The van der Waals surface area contributed by atoms with Crippen molar-refractivity contribution in [1.29, 1.82) is 0 Å². The molecule has 18 heavy (non-hydrogen) atoms. The molecule has 1 aromatic heterocycles. The summed E-state index contributed by atoms with van der Waals surface area (Å²) in [6, 6.07) is 3.68. The maximum Gasteiger partial charge on any atom is 0.264 e. The average molecular weight is 352 g/mol. The van der Waals surface area contributed by atoms with Crippen molar-refractivity contribution in [3.8, 4) is 0 Å². The van der Waals surface area contributed by atoms with Crippen molar-refractivity contribution >= 4 is 50.7 Å². The van der Waals surface area contributed by atoms with Crippen LogP contribution in [0.25, 0.3) is 0 Å². The Labute approximate surface area is 123 Å². The molecule has 1 aromatic rings. The molecule has 0 spiro atoms. The molecule has 98 valence electrons. The van der Waals surface area contributed by atoms with Crippen LogP contribution in [0.2, 0.25) is 0 Å². The summed E-state index contributed by atoms with van der Waals surface area (Å²) in [5.41, 5.74) is 0. The Bertz CT molecular complexity index is 458. The van der Waals surface area contributed by atoms with Crippen LogP contribution in [0.5, 0.6) is 0 Å². The lowest BCUT2D eigenvalue weighted by Gasteiger charge is -2.34. The van der Waals surface area contributed by atoms with E-state index < -0.39 is 0 Å². The fourth-order valence-electron chi connectivity index (χ4n) is 1.83. The van der Waals surface area contributed by atoms with Gasteiger partial charge >= 0.3 is 0 Å². The summed E-state index contributed by atoms with van der Waals surface area (Å²) in [5, 5.41) is 0. The summed E-state index contributed by atoms with van der Waals surface area (Å²) in [4.78, 5) is 27.7. The van der Waals surface area contributed by atoms with Crippen LogP contribution >= 0.6 is 38.9 Å². The molecule has 1 fully saturated rings. The number of carbonyl (C=O) groups is 2. The number of hydrogen-bond donors (Lipinski definition) is 0. The summed E-state index contributed by atoms with van der Waals surface area (Å²) >= 11 is 10.3. The number of piperazine rings is 1.